The van der Waals surface area contributed by atoms with Crippen molar-refractivity contribution in [2.45, 2.75) is 46.8 Å². The van der Waals surface area contributed by atoms with E-state index in [9.17, 15) is 4.79 Å². The Labute approximate surface area is 116 Å². The molecule has 0 aromatic carbocycles. The van der Waals surface area contributed by atoms with Gasteiger partial charge in [0.2, 0.25) is 5.91 Å². The number of aromatic nitrogens is 2. The number of carbonyl (C=O) groups is 1. The fraction of sp³-hybridized carbons (Fsp3) is 0.714. The molecule has 0 fully saturated rings. The normalized spacial score (nSPS) is 11.3. The zero-order chi connectivity index (χ0) is 14.4. The van der Waals surface area contributed by atoms with E-state index in [0.29, 0.717) is 12.5 Å². The van der Waals surface area contributed by atoms with Gasteiger partial charge in [-0.05, 0) is 26.3 Å². The summed E-state index contributed by atoms with van der Waals surface area (Å²) >= 11 is 0. The maximum atomic E-state index is 11.9. The number of likely N-dealkylation sites (N-methyl/N-ethyl adjacent to an activating group) is 1. The van der Waals surface area contributed by atoms with Crippen LogP contribution in [0.1, 0.15) is 33.4 Å². The van der Waals surface area contributed by atoms with Gasteiger partial charge in [-0.3, -0.25) is 4.79 Å². The molecule has 5 nitrogen and oxygen atoms in total. The van der Waals surface area contributed by atoms with Crippen LogP contribution in [-0.4, -0.2) is 40.0 Å². The maximum absolute atomic E-state index is 11.9. The summed E-state index contributed by atoms with van der Waals surface area (Å²) in [6, 6.07) is 0.225. The predicted octanol–water partition coefficient (Wildman–Crippen LogP) is 1.50. The van der Waals surface area contributed by atoms with E-state index in [0.717, 1.165) is 18.8 Å². The molecule has 108 valence electrons. The fourth-order valence-corrected chi connectivity index (χ4v) is 1.63. The third kappa shape index (κ3) is 5.42. The van der Waals surface area contributed by atoms with Crippen molar-refractivity contribution < 1.29 is 4.79 Å². The number of carbonyl (C=O) groups excluding carboxylic acids is 1. The Balaban J connectivity index is 2.44. The highest BCUT2D eigenvalue weighted by Crippen LogP contribution is 2.00. The summed E-state index contributed by atoms with van der Waals surface area (Å²) in [5.41, 5.74) is 0.973. The maximum Gasteiger partial charge on any atom is 0.242 e. The van der Waals surface area contributed by atoms with E-state index in [2.05, 4.69) is 24.1 Å². The number of rotatable bonds is 7. The van der Waals surface area contributed by atoms with Crippen molar-refractivity contribution in [3.8, 4) is 0 Å². The van der Waals surface area contributed by atoms with E-state index in [1.807, 2.05) is 31.7 Å². The highest BCUT2D eigenvalue weighted by molar-refractivity contribution is 5.75. The Kier molecular flexibility index (Phi) is 6.02. The lowest BCUT2D eigenvalue weighted by atomic mass is 10.2. The van der Waals surface area contributed by atoms with Crippen LogP contribution in [0.3, 0.4) is 0 Å². The minimum absolute atomic E-state index is 0.106. The van der Waals surface area contributed by atoms with E-state index in [1.165, 1.54) is 0 Å². The van der Waals surface area contributed by atoms with Gasteiger partial charge in [-0.1, -0.05) is 13.8 Å². The summed E-state index contributed by atoms with van der Waals surface area (Å²) in [5, 5.41) is 3.34. The van der Waals surface area contributed by atoms with Crippen molar-refractivity contribution in [3.05, 3.63) is 18.2 Å². The van der Waals surface area contributed by atoms with Gasteiger partial charge in [-0.15, -0.1) is 0 Å². The predicted molar refractivity (Wildman–Crippen MR) is 76.7 cm³/mol. The van der Waals surface area contributed by atoms with Gasteiger partial charge >= 0.3 is 0 Å². The van der Waals surface area contributed by atoms with E-state index in [-0.39, 0.29) is 11.9 Å². The van der Waals surface area contributed by atoms with Gasteiger partial charge in [0.15, 0.2) is 0 Å². The number of imidazole rings is 1. The summed E-state index contributed by atoms with van der Waals surface area (Å²) in [6.07, 6.45) is 3.65. The van der Waals surface area contributed by atoms with Crippen LogP contribution in [0.4, 0.5) is 0 Å². The van der Waals surface area contributed by atoms with E-state index < -0.39 is 0 Å². The number of hydrogen-bond acceptors (Lipinski definition) is 3. The second kappa shape index (κ2) is 7.28. The van der Waals surface area contributed by atoms with Crippen LogP contribution in [0.25, 0.3) is 0 Å². The second-order valence-electron chi connectivity index (χ2n) is 5.66. The first-order valence-electron chi connectivity index (χ1n) is 6.87. The molecular formula is C14H26N4O. The van der Waals surface area contributed by atoms with Crippen molar-refractivity contribution >= 4 is 5.91 Å². The quantitative estimate of drug-likeness (QED) is 0.813. The van der Waals surface area contributed by atoms with Gasteiger partial charge in [0.1, 0.15) is 6.54 Å². The first kappa shape index (κ1) is 15.7. The molecule has 0 atom stereocenters. The molecule has 1 N–H and O–H groups in total. The first-order chi connectivity index (χ1) is 8.90. The van der Waals surface area contributed by atoms with E-state index in [1.54, 1.807) is 11.2 Å². The van der Waals surface area contributed by atoms with Gasteiger partial charge in [-0.25, -0.2) is 4.98 Å². The van der Waals surface area contributed by atoms with E-state index in [4.69, 9.17) is 0 Å². The third-order valence-corrected chi connectivity index (χ3v) is 3.03. The van der Waals surface area contributed by atoms with E-state index >= 15 is 0 Å². The Morgan fingerprint density at radius 2 is 2.11 bits per heavy atom. The lowest BCUT2D eigenvalue weighted by molar-refractivity contribution is -0.131. The van der Waals surface area contributed by atoms with Crippen molar-refractivity contribution in [2.75, 3.05) is 13.6 Å². The molecule has 0 aliphatic heterocycles. The summed E-state index contributed by atoms with van der Waals surface area (Å²) in [5.74, 6) is 0.734. The van der Waals surface area contributed by atoms with Crippen LogP contribution in [-0.2, 0) is 17.9 Å². The molecule has 0 bridgehead atoms. The van der Waals surface area contributed by atoms with Crippen molar-refractivity contribution in [2.24, 2.45) is 5.92 Å². The highest BCUT2D eigenvalue weighted by atomic mass is 16.2. The molecule has 1 heterocycles. The lowest BCUT2D eigenvalue weighted by Crippen LogP contribution is -2.35. The minimum Gasteiger partial charge on any atom is -0.342 e. The Morgan fingerprint density at radius 3 is 2.68 bits per heavy atom. The largest absolute Gasteiger partial charge is 0.342 e. The van der Waals surface area contributed by atoms with Crippen molar-refractivity contribution in [1.82, 2.24) is 19.8 Å². The minimum atomic E-state index is 0.106. The molecule has 1 rings (SSSR count). The lowest BCUT2D eigenvalue weighted by Gasteiger charge is -2.21. The molecule has 1 aromatic heterocycles. The molecule has 5 heteroatoms. The van der Waals surface area contributed by atoms with Crippen molar-refractivity contribution in [3.63, 3.8) is 0 Å². The molecule has 19 heavy (non-hydrogen) atoms. The number of hydrogen-bond donors (Lipinski definition) is 1. The molecule has 0 aliphatic rings. The zero-order valence-corrected chi connectivity index (χ0v) is 12.7. The molecule has 1 aromatic rings. The molecule has 0 aliphatic carbocycles. The Morgan fingerprint density at radius 1 is 1.42 bits per heavy atom. The third-order valence-electron chi connectivity index (χ3n) is 3.03. The molecule has 0 saturated carbocycles. The SMILES string of the molecule is CC(C)CNCc1cn(CC(=O)N(C)C(C)C)cn1. The fourth-order valence-electron chi connectivity index (χ4n) is 1.63. The molecule has 0 radical (unpaired) electrons. The van der Waals surface area contributed by atoms with Gasteiger partial charge in [0.05, 0.1) is 12.0 Å². The molecular weight excluding hydrogens is 240 g/mol. The van der Waals surface area contributed by atoms with Gasteiger partial charge < -0.3 is 14.8 Å². The summed E-state index contributed by atoms with van der Waals surface area (Å²) in [4.78, 5) is 18.0. The van der Waals surface area contributed by atoms with Crippen LogP contribution in [0.2, 0.25) is 0 Å². The van der Waals surface area contributed by atoms with Crippen molar-refractivity contribution in [1.29, 1.82) is 0 Å². The van der Waals surface area contributed by atoms with Crippen LogP contribution >= 0.6 is 0 Å². The molecule has 1 amide bonds. The zero-order valence-electron chi connectivity index (χ0n) is 12.7. The van der Waals surface area contributed by atoms with Crippen LogP contribution in [0.5, 0.6) is 0 Å². The van der Waals surface area contributed by atoms with Gasteiger partial charge in [-0.2, -0.15) is 0 Å². The van der Waals surface area contributed by atoms with Crippen LogP contribution < -0.4 is 5.32 Å². The second-order valence-corrected chi connectivity index (χ2v) is 5.66. The van der Waals surface area contributed by atoms with Gasteiger partial charge in [0.25, 0.3) is 0 Å². The summed E-state index contributed by atoms with van der Waals surface area (Å²) < 4.78 is 1.84. The molecule has 0 spiro atoms. The average molecular weight is 266 g/mol. The monoisotopic (exact) mass is 266 g/mol. The Hall–Kier alpha value is -1.36. The molecule has 0 saturated heterocycles. The number of nitrogens with one attached hydrogen (secondary N) is 1. The summed E-state index contributed by atoms with van der Waals surface area (Å²) in [7, 11) is 1.83. The standard InChI is InChI=1S/C14H26N4O/c1-11(2)6-15-7-13-8-18(10-16-13)9-14(19)17(5)12(3)4/h8,10-12,15H,6-7,9H2,1-5H3. The Bertz CT molecular complexity index is 398. The highest BCUT2D eigenvalue weighted by Gasteiger charge is 2.12. The number of amides is 1. The average Bonchev–Trinajstić information content (AvgIpc) is 2.75. The smallest absolute Gasteiger partial charge is 0.242 e. The topological polar surface area (TPSA) is 50.2 Å². The first-order valence-corrected chi connectivity index (χ1v) is 6.87. The van der Waals surface area contributed by atoms with Crippen LogP contribution in [0.15, 0.2) is 12.5 Å². The number of nitrogens with zero attached hydrogens (tertiary/aromatic N) is 3. The summed E-state index contributed by atoms with van der Waals surface area (Å²) in [6.45, 7) is 10.4. The van der Waals surface area contributed by atoms with Crippen LogP contribution in [0, 0.1) is 5.92 Å². The molecule has 0 unspecified atom stereocenters. The van der Waals surface area contributed by atoms with Gasteiger partial charge in [0, 0.05) is 25.8 Å².